The van der Waals surface area contributed by atoms with Gasteiger partial charge in [-0.05, 0) is 18.8 Å². The molecule has 0 bridgehead atoms. The van der Waals surface area contributed by atoms with Crippen molar-refractivity contribution in [2.24, 2.45) is 11.7 Å². The summed E-state index contributed by atoms with van der Waals surface area (Å²) < 4.78 is 0. The Morgan fingerprint density at radius 2 is 1.15 bits per heavy atom. The van der Waals surface area contributed by atoms with Gasteiger partial charge < -0.3 is 42.1 Å². The molecule has 0 fully saturated rings. The van der Waals surface area contributed by atoms with Crippen molar-refractivity contribution >= 4 is 41.6 Å². The minimum absolute atomic E-state index is 0.0415. The van der Waals surface area contributed by atoms with Crippen molar-refractivity contribution in [1.82, 2.24) is 16.0 Å². The third kappa shape index (κ3) is 12.3. The van der Waals surface area contributed by atoms with E-state index >= 15 is 0 Å². The van der Waals surface area contributed by atoms with Gasteiger partial charge >= 0.3 is 23.9 Å². The fourth-order valence-electron chi connectivity index (χ4n) is 2.72. The van der Waals surface area contributed by atoms with Crippen LogP contribution in [0.2, 0.25) is 0 Å². The molecule has 0 radical (unpaired) electrons. The molecular weight excluding hydrogens is 460 g/mol. The Bertz CT molecular complexity index is 799. The van der Waals surface area contributed by atoms with Gasteiger partial charge in [0.25, 0.3) is 0 Å². The summed E-state index contributed by atoms with van der Waals surface area (Å²) in [5.74, 6) is -9.10. The van der Waals surface area contributed by atoms with Crippen molar-refractivity contribution in [3.63, 3.8) is 0 Å². The quantitative estimate of drug-likeness (QED) is 0.114. The van der Waals surface area contributed by atoms with E-state index in [1.54, 1.807) is 13.8 Å². The Morgan fingerprint density at radius 3 is 1.59 bits per heavy atom. The lowest BCUT2D eigenvalue weighted by atomic mass is 10.0. The van der Waals surface area contributed by atoms with E-state index in [0.717, 1.165) is 0 Å². The van der Waals surface area contributed by atoms with Crippen LogP contribution in [0.25, 0.3) is 0 Å². The number of carboxylic acid groups (broad SMARTS) is 4. The monoisotopic (exact) mass is 490 g/mol. The molecule has 0 aliphatic carbocycles. The van der Waals surface area contributed by atoms with Gasteiger partial charge in [0.1, 0.15) is 18.1 Å². The predicted molar refractivity (Wildman–Crippen MR) is 112 cm³/mol. The molecule has 0 aliphatic rings. The molecule has 0 unspecified atom stereocenters. The molecule has 0 saturated carbocycles. The average molecular weight is 490 g/mol. The van der Waals surface area contributed by atoms with Crippen LogP contribution >= 0.6 is 0 Å². The van der Waals surface area contributed by atoms with Crippen LogP contribution in [0.1, 0.15) is 46.0 Å². The summed E-state index contributed by atoms with van der Waals surface area (Å²) in [5.41, 5.74) is 5.39. The molecule has 0 aromatic rings. The van der Waals surface area contributed by atoms with E-state index in [-0.39, 0.29) is 12.3 Å². The Kier molecular flexibility index (Phi) is 12.8. The maximum absolute atomic E-state index is 12.6. The molecular formula is C19H30N4O11. The first-order chi connectivity index (χ1) is 15.6. The second-order valence-electron chi connectivity index (χ2n) is 7.89. The summed E-state index contributed by atoms with van der Waals surface area (Å²) >= 11 is 0. The topological polar surface area (TPSA) is 263 Å². The van der Waals surface area contributed by atoms with Gasteiger partial charge in [0.15, 0.2) is 0 Å². The number of carbonyl (C=O) groups excluding carboxylic acids is 3. The highest BCUT2D eigenvalue weighted by Gasteiger charge is 2.32. The van der Waals surface area contributed by atoms with Crippen LogP contribution in [0, 0.1) is 5.92 Å². The molecule has 0 rings (SSSR count). The lowest BCUT2D eigenvalue weighted by Crippen LogP contribution is -2.57. The Labute approximate surface area is 194 Å². The average Bonchev–Trinajstić information content (AvgIpc) is 2.68. The van der Waals surface area contributed by atoms with E-state index in [1.165, 1.54) is 0 Å². The van der Waals surface area contributed by atoms with Gasteiger partial charge in [0.2, 0.25) is 17.7 Å². The van der Waals surface area contributed by atoms with Crippen LogP contribution in [0.4, 0.5) is 0 Å². The second kappa shape index (κ2) is 14.4. The number of carboxylic acids is 4. The van der Waals surface area contributed by atoms with Gasteiger partial charge in [-0.2, -0.15) is 0 Å². The van der Waals surface area contributed by atoms with Gasteiger partial charge in [-0.3, -0.25) is 28.8 Å². The zero-order valence-electron chi connectivity index (χ0n) is 18.6. The summed E-state index contributed by atoms with van der Waals surface area (Å²) in [4.78, 5) is 81.4. The van der Waals surface area contributed by atoms with Crippen LogP contribution in [-0.4, -0.2) is 86.2 Å². The summed E-state index contributed by atoms with van der Waals surface area (Å²) in [6.07, 6.45) is -2.79. The Hall–Kier alpha value is -3.75. The van der Waals surface area contributed by atoms with Crippen molar-refractivity contribution in [3.8, 4) is 0 Å². The van der Waals surface area contributed by atoms with Crippen molar-refractivity contribution < 1.29 is 54.0 Å². The largest absolute Gasteiger partial charge is 0.481 e. The number of rotatable bonds is 16. The molecule has 0 aromatic heterocycles. The molecule has 4 atom stereocenters. The number of amides is 3. The molecule has 15 nitrogen and oxygen atoms in total. The van der Waals surface area contributed by atoms with Crippen LogP contribution in [-0.2, 0) is 33.6 Å². The van der Waals surface area contributed by atoms with E-state index < -0.39 is 91.4 Å². The smallest absolute Gasteiger partial charge is 0.326 e. The number of hydrogen-bond acceptors (Lipinski definition) is 8. The van der Waals surface area contributed by atoms with E-state index in [1.807, 2.05) is 5.32 Å². The molecule has 0 saturated heterocycles. The third-order valence-corrected chi connectivity index (χ3v) is 4.34. The minimum atomic E-state index is -1.78. The summed E-state index contributed by atoms with van der Waals surface area (Å²) in [6.45, 7) is 3.42. The van der Waals surface area contributed by atoms with Crippen molar-refractivity contribution in [2.45, 2.75) is 70.1 Å². The van der Waals surface area contributed by atoms with E-state index in [9.17, 15) is 38.7 Å². The van der Waals surface area contributed by atoms with Crippen molar-refractivity contribution in [1.29, 1.82) is 0 Å². The minimum Gasteiger partial charge on any atom is -0.481 e. The second-order valence-corrected chi connectivity index (χ2v) is 7.89. The number of carbonyl (C=O) groups is 7. The van der Waals surface area contributed by atoms with Gasteiger partial charge in [-0.1, -0.05) is 13.8 Å². The number of hydrogen-bond donors (Lipinski definition) is 8. The zero-order chi connectivity index (χ0) is 26.6. The van der Waals surface area contributed by atoms with Gasteiger partial charge in [-0.15, -0.1) is 0 Å². The van der Waals surface area contributed by atoms with Gasteiger partial charge in [0.05, 0.1) is 18.9 Å². The molecule has 0 heterocycles. The number of nitrogens with one attached hydrogen (secondary N) is 3. The lowest BCUT2D eigenvalue weighted by Gasteiger charge is -2.24. The first-order valence-corrected chi connectivity index (χ1v) is 10.2. The molecule has 9 N–H and O–H groups in total. The van der Waals surface area contributed by atoms with Gasteiger partial charge in [-0.25, -0.2) is 4.79 Å². The van der Waals surface area contributed by atoms with Crippen molar-refractivity contribution in [2.75, 3.05) is 0 Å². The normalized spacial score (nSPS) is 14.2. The molecule has 192 valence electrons. The van der Waals surface area contributed by atoms with Gasteiger partial charge in [0, 0.05) is 6.42 Å². The summed E-state index contributed by atoms with van der Waals surface area (Å²) in [5, 5.41) is 42.2. The van der Waals surface area contributed by atoms with Crippen molar-refractivity contribution in [3.05, 3.63) is 0 Å². The first kappa shape index (κ1) is 30.2. The molecule has 34 heavy (non-hydrogen) atoms. The predicted octanol–water partition coefficient (Wildman–Crippen LogP) is -2.29. The maximum Gasteiger partial charge on any atom is 0.326 e. The first-order valence-electron chi connectivity index (χ1n) is 10.2. The van der Waals surface area contributed by atoms with E-state index in [0.29, 0.717) is 0 Å². The van der Waals surface area contributed by atoms with Crippen LogP contribution in [0.15, 0.2) is 0 Å². The number of aliphatic carboxylic acids is 4. The maximum atomic E-state index is 12.6. The highest BCUT2D eigenvalue weighted by molar-refractivity contribution is 5.96. The zero-order valence-corrected chi connectivity index (χ0v) is 18.6. The molecule has 3 amide bonds. The fourth-order valence-corrected chi connectivity index (χ4v) is 2.72. The fraction of sp³-hybridized carbons (Fsp3) is 0.632. The lowest BCUT2D eigenvalue weighted by molar-refractivity contribution is -0.144. The van der Waals surface area contributed by atoms with Crippen LogP contribution in [0.5, 0.6) is 0 Å². The van der Waals surface area contributed by atoms with E-state index in [4.69, 9.17) is 21.1 Å². The molecule has 0 aliphatic heterocycles. The van der Waals surface area contributed by atoms with Crippen LogP contribution in [0.3, 0.4) is 0 Å². The molecule has 0 aromatic carbocycles. The molecule has 15 heteroatoms. The standard InChI is InChI=1S/C19H30N4O11/c1-8(2)5-12(19(33)34)23-17(31)10(3-4-13(24)25)21-18(32)11(7-15(28)29)22-16(30)9(20)6-14(26)27/h8-12H,3-7,20H2,1-2H3,(H,21,32)(H,22,30)(H,23,31)(H,24,25)(H,26,27)(H,28,29)(H,33,34)/t9-,10-,11-,12-/m0/s1. The Balaban J connectivity index is 5.61. The highest BCUT2D eigenvalue weighted by atomic mass is 16.4. The van der Waals surface area contributed by atoms with Crippen LogP contribution < -0.4 is 21.7 Å². The number of nitrogens with two attached hydrogens (primary N) is 1. The molecule has 0 spiro atoms. The highest BCUT2D eigenvalue weighted by Crippen LogP contribution is 2.07. The summed E-state index contributed by atoms with van der Waals surface area (Å²) in [6, 6.07) is -6.28. The van der Waals surface area contributed by atoms with E-state index in [2.05, 4.69) is 10.6 Å². The summed E-state index contributed by atoms with van der Waals surface area (Å²) in [7, 11) is 0. The third-order valence-electron chi connectivity index (χ3n) is 4.34. The Morgan fingerprint density at radius 1 is 0.676 bits per heavy atom. The SMILES string of the molecule is CC(C)C[C@H](NC(=O)[C@H](CCC(=O)O)NC(=O)[C@H](CC(=O)O)NC(=O)[C@@H](N)CC(=O)O)C(=O)O.